The second-order valence-corrected chi connectivity index (χ2v) is 9.02. The Balaban J connectivity index is 1.27. The molecule has 8 heteroatoms. The SMILES string of the molecule is O=C(NCC1CCCC(C(=O)N[C@H](CO)C(=O)O)C1)OCC1c2ccccc2-c2ccccc21. The Labute approximate surface area is 198 Å². The van der Waals surface area contributed by atoms with Crippen molar-refractivity contribution in [1.82, 2.24) is 10.6 Å². The predicted octanol–water partition coefficient (Wildman–Crippen LogP) is 2.89. The maximum absolute atomic E-state index is 12.4. The normalized spacial score (nSPS) is 20.0. The van der Waals surface area contributed by atoms with Gasteiger partial charge in [0.05, 0.1) is 6.61 Å². The lowest BCUT2D eigenvalue weighted by Crippen LogP contribution is -2.47. The van der Waals surface area contributed by atoms with E-state index in [0.29, 0.717) is 19.4 Å². The molecule has 1 fully saturated rings. The molecule has 0 aliphatic heterocycles. The van der Waals surface area contributed by atoms with Crippen molar-refractivity contribution in [3.8, 4) is 11.1 Å². The summed E-state index contributed by atoms with van der Waals surface area (Å²) in [6.45, 7) is -0.0172. The van der Waals surface area contributed by atoms with Crippen LogP contribution in [-0.2, 0) is 14.3 Å². The van der Waals surface area contributed by atoms with E-state index >= 15 is 0 Å². The number of nitrogens with one attached hydrogen (secondary N) is 2. The fourth-order valence-electron chi connectivity index (χ4n) is 5.07. The number of aliphatic hydroxyl groups is 1. The van der Waals surface area contributed by atoms with Gasteiger partial charge < -0.3 is 25.6 Å². The zero-order chi connectivity index (χ0) is 24.1. The van der Waals surface area contributed by atoms with Crippen molar-refractivity contribution in [2.45, 2.75) is 37.6 Å². The van der Waals surface area contributed by atoms with Gasteiger partial charge in [-0.3, -0.25) is 4.79 Å². The maximum atomic E-state index is 12.4. The van der Waals surface area contributed by atoms with E-state index in [9.17, 15) is 14.4 Å². The van der Waals surface area contributed by atoms with Gasteiger partial charge in [0.25, 0.3) is 0 Å². The Morgan fingerprint density at radius 1 is 1.00 bits per heavy atom. The first-order valence-electron chi connectivity index (χ1n) is 11.7. The number of carbonyl (C=O) groups excluding carboxylic acids is 2. The fraction of sp³-hybridized carbons (Fsp3) is 0.423. The number of carbonyl (C=O) groups is 3. The number of hydrogen-bond acceptors (Lipinski definition) is 5. The number of rotatable bonds is 8. The first-order valence-corrected chi connectivity index (χ1v) is 11.7. The average molecular weight is 467 g/mol. The number of aliphatic carboxylic acids is 1. The largest absolute Gasteiger partial charge is 0.480 e. The Bertz CT molecular complexity index is 1010. The van der Waals surface area contributed by atoms with Crippen molar-refractivity contribution in [2.75, 3.05) is 19.8 Å². The van der Waals surface area contributed by atoms with E-state index in [2.05, 4.69) is 34.9 Å². The molecule has 2 aliphatic carbocycles. The molecule has 2 amide bonds. The van der Waals surface area contributed by atoms with Crippen LogP contribution in [0.5, 0.6) is 0 Å². The maximum Gasteiger partial charge on any atom is 0.407 e. The number of fused-ring (bicyclic) bond motifs is 3. The van der Waals surface area contributed by atoms with Crippen LogP contribution in [0.4, 0.5) is 4.79 Å². The highest BCUT2D eigenvalue weighted by atomic mass is 16.5. The average Bonchev–Trinajstić information content (AvgIpc) is 3.18. The monoisotopic (exact) mass is 466 g/mol. The van der Waals surface area contributed by atoms with Gasteiger partial charge in [0.2, 0.25) is 5.91 Å². The van der Waals surface area contributed by atoms with Gasteiger partial charge >= 0.3 is 12.1 Å². The second kappa shape index (κ2) is 10.7. The van der Waals surface area contributed by atoms with Gasteiger partial charge in [-0.25, -0.2) is 9.59 Å². The van der Waals surface area contributed by atoms with Gasteiger partial charge in [0, 0.05) is 18.4 Å². The smallest absolute Gasteiger partial charge is 0.407 e. The highest BCUT2D eigenvalue weighted by Gasteiger charge is 2.31. The summed E-state index contributed by atoms with van der Waals surface area (Å²) in [6, 6.07) is 15.0. The number of amides is 2. The molecule has 2 unspecified atom stereocenters. The molecule has 0 aromatic heterocycles. The molecule has 2 aliphatic rings. The Morgan fingerprint density at radius 2 is 1.65 bits per heavy atom. The lowest BCUT2D eigenvalue weighted by Gasteiger charge is -2.29. The van der Waals surface area contributed by atoms with Crippen LogP contribution in [0, 0.1) is 11.8 Å². The summed E-state index contributed by atoms with van der Waals surface area (Å²) >= 11 is 0. The molecule has 0 radical (unpaired) electrons. The minimum atomic E-state index is -1.30. The zero-order valence-electron chi connectivity index (χ0n) is 18.9. The van der Waals surface area contributed by atoms with Crippen LogP contribution < -0.4 is 10.6 Å². The molecule has 180 valence electrons. The van der Waals surface area contributed by atoms with E-state index in [1.807, 2.05) is 24.3 Å². The Kier molecular flexibility index (Phi) is 7.47. The fourth-order valence-corrected chi connectivity index (χ4v) is 5.07. The number of carboxylic acid groups (broad SMARTS) is 1. The number of ether oxygens (including phenoxy) is 1. The molecular weight excluding hydrogens is 436 g/mol. The van der Waals surface area contributed by atoms with Crippen molar-refractivity contribution < 1.29 is 29.3 Å². The van der Waals surface area contributed by atoms with Crippen molar-refractivity contribution in [2.24, 2.45) is 11.8 Å². The molecule has 34 heavy (non-hydrogen) atoms. The number of carboxylic acids is 1. The highest BCUT2D eigenvalue weighted by molar-refractivity contribution is 5.85. The third-order valence-corrected chi connectivity index (χ3v) is 6.83. The minimum Gasteiger partial charge on any atom is -0.480 e. The molecule has 1 saturated carbocycles. The molecule has 0 saturated heterocycles. The summed E-state index contributed by atoms with van der Waals surface area (Å²) in [5.74, 6) is -1.87. The molecule has 2 aromatic carbocycles. The molecule has 4 N–H and O–H groups in total. The Hall–Kier alpha value is -3.39. The lowest BCUT2D eigenvalue weighted by molar-refractivity contribution is -0.143. The standard InChI is InChI=1S/C26H30N2O6/c29-14-23(25(31)32)28-24(30)17-7-5-6-16(12-17)13-27-26(33)34-15-22-20-10-3-1-8-18(20)19-9-2-4-11-21(19)22/h1-4,8-11,16-17,22-23,29H,5-7,12-15H2,(H,27,33)(H,28,30)(H,31,32)/t16?,17?,23-/m1/s1. The molecule has 0 spiro atoms. The van der Waals surface area contributed by atoms with Crippen LogP contribution in [0.3, 0.4) is 0 Å². The van der Waals surface area contributed by atoms with Gasteiger partial charge in [-0.2, -0.15) is 0 Å². The van der Waals surface area contributed by atoms with Gasteiger partial charge in [-0.15, -0.1) is 0 Å². The van der Waals surface area contributed by atoms with Crippen LogP contribution in [0.1, 0.15) is 42.7 Å². The molecule has 0 heterocycles. The van der Waals surface area contributed by atoms with Crippen LogP contribution in [-0.4, -0.2) is 54.0 Å². The van der Waals surface area contributed by atoms with E-state index in [0.717, 1.165) is 24.0 Å². The molecular formula is C26H30N2O6. The predicted molar refractivity (Wildman–Crippen MR) is 125 cm³/mol. The second-order valence-electron chi connectivity index (χ2n) is 9.02. The summed E-state index contributed by atoms with van der Waals surface area (Å²) in [6.07, 6.45) is 2.40. The number of aliphatic hydroxyl groups excluding tert-OH is 1. The number of benzene rings is 2. The topological polar surface area (TPSA) is 125 Å². The number of alkyl carbamates (subject to hydrolysis) is 1. The Morgan fingerprint density at radius 3 is 2.26 bits per heavy atom. The number of hydrogen-bond donors (Lipinski definition) is 4. The summed E-state index contributed by atoms with van der Waals surface area (Å²) < 4.78 is 5.58. The molecule has 3 atom stereocenters. The zero-order valence-corrected chi connectivity index (χ0v) is 18.9. The van der Waals surface area contributed by atoms with E-state index < -0.39 is 24.7 Å². The summed E-state index contributed by atoms with van der Waals surface area (Å²) in [4.78, 5) is 35.9. The van der Waals surface area contributed by atoms with Crippen LogP contribution in [0.25, 0.3) is 11.1 Å². The third kappa shape index (κ3) is 5.22. The molecule has 2 aromatic rings. The minimum absolute atomic E-state index is 0.00499. The quantitative estimate of drug-likeness (QED) is 0.474. The van der Waals surface area contributed by atoms with Crippen molar-refractivity contribution >= 4 is 18.0 Å². The molecule has 4 rings (SSSR count). The van der Waals surface area contributed by atoms with Crippen molar-refractivity contribution in [3.63, 3.8) is 0 Å². The van der Waals surface area contributed by atoms with E-state index in [1.54, 1.807) is 0 Å². The molecule has 0 bridgehead atoms. The van der Waals surface area contributed by atoms with Gasteiger partial charge in [0.1, 0.15) is 12.6 Å². The van der Waals surface area contributed by atoms with E-state index in [4.69, 9.17) is 14.9 Å². The van der Waals surface area contributed by atoms with Crippen molar-refractivity contribution in [1.29, 1.82) is 0 Å². The highest BCUT2D eigenvalue weighted by Crippen LogP contribution is 2.44. The first kappa shape index (κ1) is 23.8. The van der Waals surface area contributed by atoms with Crippen LogP contribution in [0.2, 0.25) is 0 Å². The summed E-state index contributed by atoms with van der Waals surface area (Å²) in [7, 11) is 0. The third-order valence-electron chi connectivity index (χ3n) is 6.83. The van der Waals surface area contributed by atoms with Gasteiger partial charge in [0.15, 0.2) is 0 Å². The van der Waals surface area contributed by atoms with Crippen LogP contribution in [0.15, 0.2) is 48.5 Å². The van der Waals surface area contributed by atoms with Crippen LogP contribution >= 0.6 is 0 Å². The van der Waals surface area contributed by atoms with Gasteiger partial charge in [-0.05, 0) is 47.4 Å². The van der Waals surface area contributed by atoms with Gasteiger partial charge in [-0.1, -0.05) is 55.0 Å². The molecule has 8 nitrogen and oxygen atoms in total. The summed E-state index contributed by atoms with van der Waals surface area (Å²) in [5, 5.41) is 23.4. The first-order chi connectivity index (χ1) is 16.5. The lowest BCUT2D eigenvalue weighted by atomic mass is 9.81. The van der Waals surface area contributed by atoms with E-state index in [-0.39, 0.29) is 30.3 Å². The summed E-state index contributed by atoms with van der Waals surface area (Å²) in [5.41, 5.74) is 4.65. The van der Waals surface area contributed by atoms with E-state index in [1.165, 1.54) is 11.1 Å². The van der Waals surface area contributed by atoms with Crippen molar-refractivity contribution in [3.05, 3.63) is 59.7 Å².